The fourth-order valence-corrected chi connectivity index (χ4v) is 3.03. The average molecular weight is 259 g/mol. The number of nitrogens with zero attached hydrogens (tertiary/aromatic N) is 4. The van der Waals surface area contributed by atoms with Crippen LogP contribution in [0.3, 0.4) is 0 Å². The quantitative estimate of drug-likeness (QED) is 0.918. The van der Waals surface area contributed by atoms with E-state index in [1.807, 2.05) is 0 Å². The van der Waals surface area contributed by atoms with Gasteiger partial charge in [-0.3, -0.25) is 5.10 Å². The molecule has 1 fully saturated rings. The standard InChI is InChI=1S/C14H21N5/c1-10(2)8-19-7-3-4-11(9-19)12-13-14(18-17-12)16-6-5-15-13/h5-6,10-11H,3-4,7-9H2,1-2H3,(H,16,17,18)/t11-/m1/s1. The Morgan fingerprint density at radius 2 is 2.21 bits per heavy atom. The molecule has 1 aliphatic heterocycles. The third-order valence-corrected chi connectivity index (χ3v) is 3.75. The molecule has 1 aliphatic rings. The van der Waals surface area contributed by atoms with Crippen LogP contribution in [0.5, 0.6) is 0 Å². The maximum Gasteiger partial charge on any atom is 0.199 e. The summed E-state index contributed by atoms with van der Waals surface area (Å²) in [6.07, 6.45) is 5.90. The number of piperidine rings is 1. The Balaban J connectivity index is 1.81. The van der Waals surface area contributed by atoms with Gasteiger partial charge in [0.1, 0.15) is 5.52 Å². The predicted octanol–water partition coefficient (Wildman–Crippen LogP) is 2.19. The number of hydrogen-bond acceptors (Lipinski definition) is 4. The van der Waals surface area contributed by atoms with E-state index >= 15 is 0 Å². The molecule has 2 aromatic rings. The molecule has 0 saturated carbocycles. The highest BCUT2D eigenvalue weighted by atomic mass is 15.2. The molecule has 0 spiro atoms. The molecular formula is C14H21N5. The van der Waals surface area contributed by atoms with E-state index in [1.54, 1.807) is 12.4 Å². The first-order chi connectivity index (χ1) is 9.24. The van der Waals surface area contributed by atoms with Crippen LogP contribution in [0.2, 0.25) is 0 Å². The number of rotatable bonds is 3. The summed E-state index contributed by atoms with van der Waals surface area (Å²) in [6.45, 7) is 8.05. The van der Waals surface area contributed by atoms with Gasteiger partial charge in [-0.05, 0) is 25.3 Å². The van der Waals surface area contributed by atoms with Gasteiger partial charge in [-0.2, -0.15) is 5.10 Å². The molecule has 0 bridgehead atoms. The van der Waals surface area contributed by atoms with Gasteiger partial charge in [0.2, 0.25) is 0 Å². The van der Waals surface area contributed by atoms with Crippen molar-refractivity contribution in [1.29, 1.82) is 0 Å². The second kappa shape index (κ2) is 5.25. The lowest BCUT2D eigenvalue weighted by atomic mass is 9.93. The molecule has 19 heavy (non-hydrogen) atoms. The van der Waals surface area contributed by atoms with E-state index in [0.29, 0.717) is 5.92 Å². The van der Waals surface area contributed by atoms with Crippen molar-refractivity contribution in [3.63, 3.8) is 0 Å². The van der Waals surface area contributed by atoms with Gasteiger partial charge in [-0.25, -0.2) is 9.97 Å². The molecule has 3 heterocycles. The molecule has 2 aromatic heterocycles. The first-order valence-corrected chi connectivity index (χ1v) is 7.11. The predicted molar refractivity (Wildman–Crippen MR) is 74.9 cm³/mol. The third kappa shape index (κ3) is 2.61. The third-order valence-electron chi connectivity index (χ3n) is 3.75. The van der Waals surface area contributed by atoms with Crippen molar-refractivity contribution < 1.29 is 0 Å². The van der Waals surface area contributed by atoms with Crippen LogP contribution in [-0.2, 0) is 0 Å². The minimum Gasteiger partial charge on any atom is -0.302 e. The second-order valence-electron chi connectivity index (χ2n) is 5.86. The minimum atomic E-state index is 0.509. The van der Waals surface area contributed by atoms with E-state index in [-0.39, 0.29) is 0 Å². The molecule has 0 amide bonds. The monoisotopic (exact) mass is 259 g/mol. The van der Waals surface area contributed by atoms with E-state index in [4.69, 9.17) is 0 Å². The van der Waals surface area contributed by atoms with Crippen molar-refractivity contribution in [3.05, 3.63) is 18.1 Å². The van der Waals surface area contributed by atoms with Gasteiger partial charge >= 0.3 is 0 Å². The number of nitrogens with one attached hydrogen (secondary N) is 1. The van der Waals surface area contributed by atoms with E-state index in [1.165, 1.54) is 25.9 Å². The second-order valence-corrected chi connectivity index (χ2v) is 5.86. The van der Waals surface area contributed by atoms with Gasteiger partial charge in [0.25, 0.3) is 0 Å². The summed E-state index contributed by atoms with van der Waals surface area (Å²) in [5.74, 6) is 1.23. The molecule has 0 radical (unpaired) electrons. The van der Waals surface area contributed by atoms with Crippen LogP contribution in [0.25, 0.3) is 11.2 Å². The SMILES string of the molecule is CC(C)CN1CCC[C@@H](c2[nH]nc3nccnc23)C1. The van der Waals surface area contributed by atoms with Gasteiger partial charge in [-0.1, -0.05) is 13.8 Å². The van der Waals surface area contributed by atoms with Crippen molar-refractivity contribution >= 4 is 11.2 Å². The fourth-order valence-electron chi connectivity index (χ4n) is 3.03. The van der Waals surface area contributed by atoms with E-state index < -0.39 is 0 Å². The van der Waals surface area contributed by atoms with Gasteiger partial charge in [0.15, 0.2) is 5.65 Å². The van der Waals surface area contributed by atoms with E-state index in [0.717, 1.165) is 29.3 Å². The number of likely N-dealkylation sites (tertiary alicyclic amines) is 1. The smallest absolute Gasteiger partial charge is 0.199 e. The van der Waals surface area contributed by atoms with Crippen molar-refractivity contribution in [2.24, 2.45) is 5.92 Å². The summed E-state index contributed by atoms with van der Waals surface area (Å²) in [5.41, 5.74) is 2.84. The molecule has 0 aliphatic carbocycles. The lowest BCUT2D eigenvalue weighted by Crippen LogP contribution is -2.36. The van der Waals surface area contributed by atoms with Crippen molar-refractivity contribution in [1.82, 2.24) is 25.1 Å². The zero-order chi connectivity index (χ0) is 13.2. The number of hydrogen-bond donors (Lipinski definition) is 1. The lowest BCUT2D eigenvalue weighted by molar-refractivity contribution is 0.187. The van der Waals surface area contributed by atoms with Crippen LogP contribution < -0.4 is 0 Å². The summed E-state index contributed by atoms with van der Waals surface area (Å²) in [5, 5.41) is 7.42. The molecule has 1 N–H and O–H groups in total. The Labute approximate surface area is 113 Å². The number of aromatic nitrogens is 4. The van der Waals surface area contributed by atoms with Crippen LogP contribution in [0, 0.1) is 5.92 Å². The zero-order valence-corrected chi connectivity index (χ0v) is 11.6. The first kappa shape index (κ1) is 12.5. The molecule has 1 saturated heterocycles. The average Bonchev–Trinajstić information content (AvgIpc) is 2.82. The molecule has 5 heteroatoms. The number of H-pyrrole nitrogens is 1. The summed E-state index contributed by atoms with van der Waals surface area (Å²) >= 11 is 0. The molecular weight excluding hydrogens is 238 g/mol. The van der Waals surface area contributed by atoms with Gasteiger partial charge < -0.3 is 4.90 Å². The van der Waals surface area contributed by atoms with Crippen LogP contribution in [-0.4, -0.2) is 44.7 Å². The molecule has 3 rings (SSSR count). The first-order valence-electron chi connectivity index (χ1n) is 7.11. The fraction of sp³-hybridized carbons (Fsp3) is 0.643. The summed E-state index contributed by atoms with van der Waals surface area (Å²) in [4.78, 5) is 11.2. The molecule has 0 aromatic carbocycles. The van der Waals surface area contributed by atoms with Crippen LogP contribution in [0.4, 0.5) is 0 Å². The Morgan fingerprint density at radius 1 is 1.37 bits per heavy atom. The van der Waals surface area contributed by atoms with Crippen molar-refractivity contribution in [2.75, 3.05) is 19.6 Å². The minimum absolute atomic E-state index is 0.509. The topological polar surface area (TPSA) is 57.7 Å². The van der Waals surface area contributed by atoms with Gasteiger partial charge in [-0.15, -0.1) is 0 Å². The number of fused-ring (bicyclic) bond motifs is 1. The zero-order valence-electron chi connectivity index (χ0n) is 11.6. The largest absolute Gasteiger partial charge is 0.302 e. The molecule has 102 valence electrons. The van der Waals surface area contributed by atoms with E-state index in [2.05, 4.69) is 38.9 Å². The highest BCUT2D eigenvalue weighted by molar-refractivity contribution is 5.72. The maximum atomic E-state index is 4.43. The Morgan fingerprint density at radius 3 is 3.05 bits per heavy atom. The molecule has 5 nitrogen and oxygen atoms in total. The van der Waals surface area contributed by atoms with Crippen LogP contribution in [0.15, 0.2) is 12.4 Å². The Hall–Kier alpha value is -1.49. The summed E-state index contributed by atoms with van der Waals surface area (Å²) in [7, 11) is 0. The highest BCUT2D eigenvalue weighted by Gasteiger charge is 2.25. The normalized spacial score (nSPS) is 21.3. The Bertz CT molecular complexity index is 548. The van der Waals surface area contributed by atoms with Gasteiger partial charge in [0, 0.05) is 31.4 Å². The van der Waals surface area contributed by atoms with Crippen molar-refractivity contribution in [3.8, 4) is 0 Å². The summed E-state index contributed by atoms with van der Waals surface area (Å²) in [6, 6.07) is 0. The summed E-state index contributed by atoms with van der Waals surface area (Å²) < 4.78 is 0. The molecule has 0 unspecified atom stereocenters. The molecule has 1 atom stereocenters. The van der Waals surface area contributed by atoms with Crippen LogP contribution in [0.1, 0.15) is 38.3 Å². The lowest BCUT2D eigenvalue weighted by Gasteiger charge is -2.33. The Kier molecular flexibility index (Phi) is 3.46. The number of aromatic amines is 1. The van der Waals surface area contributed by atoms with Gasteiger partial charge in [0.05, 0.1) is 5.69 Å². The van der Waals surface area contributed by atoms with Crippen LogP contribution >= 0.6 is 0 Å². The highest BCUT2D eigenvalue weighted by Crippen LogP contribution is 2.29. The maximum absolute atomic E-state index is 4.43. The van der Waals surface area contributed by atoms with E-state index in [9.17, 15) is 0 Å². The van der Waals surface area contributed by atoms with Crippen molar-refractivity contribution in [2.45, 2.75) is 32.6 Å².